The van der Waals surface area contributed by atoms with Crippen molar-refractivity contribution in [3.8, 4) is 0 Å². The number of esters is 2. The quantitative estimate of drug-likeness (QED) is 0.608. The van der Waals surface area contributed by atoms with Gasteiger partial charge in [0.2, 0.25) is 0 Å². The van der Waals surface area contributed by atoms with Crippen LogP contribution in [0, 0.1) is 0 Å². The van der Waals surface area contributed by atoms with Crippen molar-refractivity contribution in [2.75, 3.05) is 13.2 Å². The minimum atomic E-state index is -0.807. The van der Waals surface area contributed by atoms with Crippen LogP contribution in [-0.2, 0) is 23.9 Å². The molecule has 1 N–H and O–H groups in total. The summed E-state index contributed by atoms with van der Waals surface area (Å²) in [6.45, 7) is 3.16. The van der Waals surface area contributed by atoms with Gasteiger partial charge in [-0.3, -0.25) is 4.79 Å². The molecule has 0 aliphatic heterocycles. The first-order chi connectivity index (χ1) is 10.9. The van der Waals surface area contributed by atoms with Crippen molar-refractivity contribution in [1.82, 2.24) is 5.32 Å². The number of benzene rings is 1. The highest BCUT2D eigenvalue weighted by atomic mass is 35.5. The second kappa shape index (κ2) is 9.63. The molecule has 1 atom stereocenters. The number of rotatable bonds is 7. The molecule has 1 rings (SSSR count). The minimum absolute atomic E-state index is 0.209. The minimum Gasteiger partial charge on any atom is -0.463 e. The van der Waals surface area contributed by atoms with Gasteiger partial charge in [-0.1, -0.05) is 29.8 Å². The predicted octanol–water partition coefficient (Wildman–Crippen LogP) is 2.18. The van der Waals surface area contributed by atoms with E-state index in [1.54, 1.807) is 32.0 Å². The number of hydrogen-bond donors (Lipinski definition) is 1. The molecular formula is C16H18ClNO5. The highest BCUT2D eigenvalue weighted by Gasteiger charge is 2.13. The van der Waals surface area contributed by atoms with Crippen molar-refractivity contribution >= 4 is 29.4 Å². The van der Waals surface area contributed by atoms with Gasteiger partial charge in [-0.25, -0.2) is 9.59 Å². The summed E-state index contributed by atoms with van der Waals surface area (Å²) in [5.41, 5.74) is 0.760. The van der Waals surface area contributed by atoms with Crippen LogP contribution in [0.5, 0.6) is 0 Å². The van der Waals surface area contributed by atoms with E-state index in [0.717, 1.165) is 17.7 Å². The van der Waals surface area contributed by atoms with E-state index >= 15 is 0 Å². The highest BCUT2D eigenvalue weighted by Crippen LogP contribution is 2.21. The van der Waals surface area contributed by atoms with Crippen molar-refractivity contribution < 1.29 is 23.9 Å². The Balaban J connectivity index is 2.41. The van der Waals surface area contributed by atoms with E-state index < -0.39 is 24.5 Å². The number of carbonyl (C=O) groups is 3. The summed E-state index contributed by atoms with van der Waals surface area (Å²) in [6.07, 6.45) is 1.85. The van der Waals surface area contributed by atoms with Crippen LogP contribution in [0.1, 0.15) is 25.5 Å². The number of halogens is 1. The fraction of sp³-hybridized carbons (Fsp3) is 0.312. The average Bonchev–Trinajstić information content (AvgIpc) is 2.51. The standard InChI is InChI=1S/C16H18ClNO5/c1-3-22-15(20)8-9-16(21)23-10-14(19)18-11(2)12-6-4-5-7-13(12)17/h4-9,11H,3,10H2,1-2H3,(H,18,19)/b9-8+/t11-/m0/s1. The lowest BCUT2D eigenvalue weighted by Crippen LogP contribution is -2.31. The zero-order chi connectivity index (χ0) is 17.2. The molecule has 1 aromatic rings. The molecule has 0 bridgehead atoms. The van der Waals surface area contributed by atoms with Crippen LogP contribution in [0.15, 0.2) is 36.4 Å². The van der Waals surface area contributed by atoms with Gasteiger partial charge in [0.25, 0.3) is 5.91 Å². The van der Waals surface area contributed by atoms with Crippen molar-refractivity contribution in [1.29, 1.82) is 0 Å². The highest BCUT2D eigenvalue weighted by molar-refractivity contribution is 6.31. The van der Waals surface area contributed by atoms with Crippen LogP contribution >= 0.6 is 11.6 Å². The number of ether oxygens (including phenoxy) is 2. The van der Waals surface area contributed by atoms with Crippen molar-refractivity contribution in [2.24, 2.45) is 0 Å². The SMILES string of the molecule is CCOC(=O)/C=C/C(=O)OCC(=O)N[C@@H](C)c1ccccc1Cl. The van der Waals surface area contributed by atoms with Gasteiger partial charge in [0.1, 0.15) is 0 Å². The molecule has 0 aliphatic rings. The van der Waals surface area contributed by atoms with Gasteiger partial charge < -0.3 is 14.8 Å². The third-order valence-electron chi connectivity index (χ3n) is 2.74. The maximum absolute atomic E-state index is 11.7. The largest absolute Gasteiger partial charge is 0.463 e. The molecule has 1 amide bonds. The molecule has 0 unspecified atom stereocenters. The van der Waals surface area contributed by atoms with Crippen LogP contribution in [0.2, 0.25) is 5.02 Å². The van der Waals surface area contributed by atoms with Crippen LogP contribution in [0.3, 0.4) is 0 Å². The Morgan fingerprint density at radius 1 is 1.17 bits per heavy atom. The van der Waals surface area contributed by atoms with Crippen LogP contribution < -0.4 is 5.32 Å². The Morgan fingerprint density at radius 2 is 1.78 bits per heavy atom. The molecule has 0 saturated carbocycles. The van der Waals surface area contributed by atoms with E-state index in [1.807, 2.05) is 6.07 Å². The first-order valence-electron chi connectivity index (χ1n) is 6.99. The van der Waals surface area contributed by atoms with Gasteiger partial charge in [-0.05, 0) is 25.5 Å². The van der Waals surface area contributed by atoms with E-state index in [2.05, 4.69) is 10.1 Å². The van der Waals surface area contributed by atoms with Gasteiger partial charge in [-0.15, -0.1) is 0 Å². The lowest BCUT2D eigenvalue weighted by molar-refractivity contribution is -0.144. The van der Waals surface area contributed by atoms with Crippen molar-refractivity contribution in [3.05, 3.63) is 47.0 Å². The zero-order valence-corrected chi connectivity index (χ0v) is 13.6. The maximum atomic E-state index is 11.7. The van der Waals surface area contributed by atoms with E-state index in [0.29, 0.717) is 5.02 Å². The number of hydrogen-bond acceptors (Lipinski definition) is 5. The summed E-state index contributed by atoms with van der Waals surface area (Å²) in [5, 5.41) is 3.20. The molecule has 1 aromatic carbocycles. The van der Waals surface area contributed by atoms with Crippen LogP contribution in [0.4, 0.5) is 0 Å². The zero-order valence-electron chi connectivity index (χ0n) is 12.9. The molecule has 0 spiro atoms. The van der Waals surface area contributed by atoms with Crippen molar-refractivity contribution in [3.63, 3.8) is 0 Å². The van der Waals surface area contributed by atoms with E-state index in [4.69, 9.17) is 16.3 Å². The van der Waals surface area contributed by atoms with Crippen LogP contribution in [0.25, 0.3) is 0 Å². The molecule has 0 saturated heterocycles. The Hall–Kier alpha value is -2.34. The molecular weight excluding hydrogens is 322 g/mol. The van der Waals surface area contributed by atoms with Gasteiger partial charge in [-0.2, -0.15) is 0 Å². The molecule has 0 fully saturated rings. The lowest BCUT2D eigenvalue weighted by Gasteiger charge is -2.15. The lowest BCUT2D eigenvalue weighted by atomic mass is 10.1. The average molecular weight is 340 g/mol. The fourth-order valence-electron chi connectivity index (χ4n) is 1.70. The van der Waals surface area contributed by atoms with Gasteiger partial charge in [0, 0.05) is 17.2 Å². The summed E-state index contributed by atoms with van der Waals surface area (Å²) < 4.78 is 9.33. The third kappa shape index (κ3) is 6.97. The Kier molecular flexibility index (Phi) is 7.83. The second-order valence-corrected chi connectivity index (χ2v) is 4.91. The van der Waals surface area contributed by atoms with Gasteiger partial charge in [0.05, 0.1) is 12.6 Å². The second-order valence-electron chi connectivity index (χ2n) is 4.50. The molecule has 6 nitrogen and oxygen atoms in total. The van der Waals surface area contributed by atoms with E-state index in [-0.39, 0.29) is 12.6 Å². The monoisotopic (exact) mass is 339 g/mol. The summed E-state index contributed by atoms with van der Waals surface area (Å²) >= 11 is 6.04. The number of nitrogens with one attached hydrogen (secondary N) is 1. The predicted molar refractivity (Wildman–Crippen MR) is 84.7 cm³/mol. The summed E-state index contributed by atoms with van der Waals surface area (Å²) in [4.78, 5) is 34.1. The van der Waals surface area contributed by atoms with E-state index in [9.17, 15) is 14.4 Å². The third-order valence-corrected chi connectivity index (χ3v) is 3.08. The molecule has 7 heteroatoms. The van der Waals surface area contributed by atoms with Crippen molar-refractivity contribution in [2.45, 2.75) is 19.9 Å². The molecule has 0 heterocycles. The van der Waals surface area contributed by atoms with Gasteiger partial charge >= 0.3 is 11.9 Å². The Labute approximate surface area is 139 Å². The summed E-state index contributed by atoms with van der Waals surface area (Å²) in [7, 11) is 0. The molecule has 0 aromatic heterocycles. The molecule has 23 heavy (non-hydrogen) atoms. The van der Waals surface area contributed by atoms with Gasteiger partial charge in [0.15, 0.2) is 6.61 Å². The first-order valence-corrected chi connectivity index (χ1v) is 7.37. The summed E-state index contributed by atoms with van der Waals surface area (Å²) in [6, 6.07) is 6.79. The molecule has 124 valence electrons. The van der Waals surface area contributed by atoms with Crippen LogP contribution in [-0.4, -0.2) is 31.1 Å². The first kappa shape index (κ1) is 18.7. The Morgan fingerprint density at radius 3 is 2.39 bits per heavy atom. The van der Waals surface area contributed by atoms with E-state index in [1.165, 1.54) is 0 Å². The Bertz CT molecular complexity index is 600. The number of carbonyl (C=O) groups excluding carboxylic acids is 3. The summed E-state index contributed by atoms with van der Waals surface area (Å²) in [5.74, 6) is -1.94. The smallest absolute Gasteiger partial charge is 0.331 e. The normalized spacial score (nSPS) is 11.8. The molecule has 0 aliphatic carbocycles. The number of amides is 1. The fourth-order valence-corrected chi connectivity index (χ4v) is 2.00. The topological polar surface area (TPSA) is 81.7 Å². The maximum Gasteiger partial charge on any atom is 0.331 e. The molecule has 0 radical (unpaired) electrons.